The lowest BCUT2D eigenvalue weighted by Gasteiger charge is -2.07. The maximum atomic E-state index is 13.1. The molecule has 0 spiro atoms. The molecule has 0 fully saturated rings. The van der Waals surface area contributed by atoms with Crippen molar-refractivity contribution in [3.8, 4) is 5.75 Å². The summed E-state index contributed by atoms with van der Waals surface area (Å²) < 4.78 is 19.8. The number of rotatable bonds is 4. The summed E-state index contributed by atoms with van der Waals surface area (Å²) >= 11 is 5.68. The van der Waals surface area contributed by atoms with E-state index in [4.69, 9.17) is 16.3 Å². The fourth-order valence-electron chi connectivity index (χ4n) is 2.13. The number of hydrogen-bond donors (Lipinski definition) is 1. The average molecular weight is 374 g/mol. The van der Waals surface area contributed by atoms with Crippen LogP contribution in [0, 0.1) is 5.82 Å². The molecule has 0 radical (unpaired) electrons. The third-order valence-electron chi connectivity index (χ3n) is 3.43. The van der Waals surface area contributed by atoms with Crippen LogP contribution < -0.4 is 10.1 Å². The van der Waals surface area contributed by atoms with Crippen LogP contribution in [0.5, 0.6) is 5.75 Å². The second-order valence-electron chi connectivity index (χ2n) is 5.37. The first-order valence-corrected chi connectivity index (χ1v) is 7.88. The molecule has 0 aliphatic heterocycles. The summed E-state index contributed by atoms with van der Waals surface area (Å²) in [4.78, 5) is 24.1. The molecule has 8 heteroatoms. The maximum absolute atomic E-state index is 13.1. The van der Waals surface area contributed by atoms with E-state index in [2.05, 4.69) is 10.4 Å². The number of hydrogen-bond acceptors (Lipinski definition) is 4. The molecule has 0 saturated heterocycles. The van der Waals surface area contributed by atoms with Gasteiger partial charge in [0, 0.05) is 24.5 Å². The summed E-state index contributed by atoms with van der Waals surface area (Å²) in [6.45, 7) is 0. The number of halogens is 2. The molecule has 132 valence electrons. The lowest BCUT2D eigenvalue weighted by molar-refractivity contribution is 0.0727. The number of aromatic nitrogens is 2. The highest BCUT2D eigenvalue weighted by molar-refractivity contribution is 6.31. The average Bonchev–Trinajstić information content (AvgIpc) is 3.05. The van der Waals surface area contributed by atoms with Gasteiger partial charge in [-0.15, -0.1) is 0 Å². The highest BCUT2D eigenvalue weighted by Crippen LogP contribution is 2.20. The summed E-state index contributed by atoms with van der Waals surface area (Å²) in [6.07, 6.45) is 1.63. The van der Waals surface area contributed by atoms with E-state index in [1.807, 2.05) is 0 Å². The van der Waals surface area contributed by atoms with Gasteiger partial charge in [0.1, 0.15) is 11.6 Å². The van der Waals surface area contributed by atoms with Crippen LogP contribution in [0.1, 0.15) is 20.8 Å². The van der Waals surface area contributed by atoms with Crippen molar-refractivity contribution >= 4 is 29.2 Å². The van der Waals surface area contributed by atoms with Gasteiger partial charge in [0.25, 0.3) is 5.91 Å². The zero-order valence-corrected chi connectivity index (χ0v) is 14.3. The molecule has 1 aromatic heterocycles. The van der Waals surface area contributed by atoms with E-state index in [0.29, 0.717) is 11.3 Å². The monoisotopic (exact) mass is 373 g/mol. The molecule has 2 aromatic carbocycles. The van der Waals surface area contributed by atoms with Crippen molar-refractivity contribution in [2.75, 3.05) is 5.32 Å². The molecule has 0 bridgehead atoms. The molecule has 26 heavy (non-hydrogen) atoms. The van der Waals surface area contributed by atoms with Crippen molar-refractivity contribution in [2.45, 2.75) is 0 Å². The highest BCUT2D eigenvalue weighted by Gasteiger charge is 2.13. The second-order valence-corrected chi connectivity index (χ2v) is 5.78. The highest BCUT2D eigenvalue weighted by atomic mass is 35.5. The molecule has 1 heterocycles. The van der Waals surface area contributed by atoms with Gasteiger partial charge in [0.15, 0.2) is 5.69 Å². The molecule has 3 rings (SSSR count). The van der Waals surface area contributed by atoms with Crippen LogP contribution in [-0.2, 0) is 7.05 Å². The standard InChI is InChI=1S/C18H13ClFN3O3/c1-23-9-8-16(22-23)18(25)26-13-5-2-11(3-6-13)17(24)21-12-4-7-15(20)14(19)10-12/h2-10H,1H3,(H,21,24). The quantitative estimate of drug-likeness (QED) is 0.559. The number of esters is 1. The number of nitrogens with one attached hydrogen (secondary N) is 1. The predicted molar refractivity (Wildman–Crippen MR) is 94.0 cm³/mol. The van der Waals surface area contributed by atoms with Crippen LogP contribution in [0.2, 0.25) is 5.02 Å². The number of benzene rings is 2. The number of amides is 1. The van der Waals surface area contributed by atoms with Crippen molar-refractivity contribution in [3.05, 3.63) is 76.8 Å². The van der Waals surface area contributed by atoms with Gasteiger partial charge in [-0.25, -0.2) is 9.18 Å². The van der Waals surface area contributed by atoms with Gasteiger partial charge in [-0.05, 0) is 48.5 Å². The van der Waals surface area contributed by atoms with E-state index in [0.717, 1.165) is 6.07 Å². The van der Waals surface area contributed by atoms with Gasteiger partial charge in [0.2, 0.25) is 0 Å². The summed E-state index contributed by atoms with van der Waals surface area (Å²) in [5.41, 5.74) is 0.887. The van der Waals surface area contributed by atoms with Gasteiger partial charge < -0.3 is 10.1 Å². The topological polar surface area (TPSA) is 73.2 Å². The first kappa shape index (κ1) is 17.6. The molecule has 6 nitrogen and oxygen atoms in total. The lowest BCUT2D eigenvalue weighted by atomic mass is 10.2. The number of carbonyl (C=O) groups excluding carboxylic acids is 2. The maximum Gasteiger partial charge on any atom is 0.364 e. The fourth-order valence-corrected chi connectivity index (χ4v) is 2.32. The third-order valence-corrected chi connectivity index (χ3v) is 3.72. The molecule has 0 atom stereocenters. The molecule has 1 N–H and O–H groups in total. The minimum absolute atomic E-state index is 0.0837. The number of ether oxygens (including phenoxy) is 1. The predicted octanol–water partition coefficient (Wildman–Crippen LogP) is 3.68. The van der Waals surface area contributed by atoms with Crippen molar-refractivity contribution in [2.24, 2.45) is 7.05 Å². The Labute approximate surface area is 153 Å². The van der Waals surface area contributed by atoms with E-state index in [-0.39, 0.29) is 16.5 Å². The van der Waals surface area contributed by atoms with Crippen molar-refractivity contribution in [1.82, 2.24) is 9.78 Å². The van der Waals surface area contributed by atoms with E-state index in [9.17, 15) is 14.0 Å². The molecule has 0 aliphatic carbocycles. The largest absolute Gasteiger partial charge is 0.422 e. The van der Waals surface area contributed by atoms with Crippen LogP contribution in [0.25, 0.3) is 0 Å². The fraction of sp³-hybridized carbons (Fsp3) is 0.0556. The van der Waals surface area contributed by atoms with Crippen molar-refractivity contribution < 1.29 is 18.7 Å². The molecule has 1 amide bonds. The molecular formula is C18H13ClFN3O3. The van der Waals surface area contributed by atoms with Gasteiger partial charge in [0.05, 0.1) is 5.02 Å². The van der Waals surface area contributed by atoms with Gasteiger partial charge in [-0.3, -0.25) is 9.48 Å². The zero-order valence-electron chi connectivity index (χ0n) is 13.6. The Bertz CT molecular complexity index is 970. The first-order chi connectivity index (χ1) is 12.4. The van der Waals surface area contributed by atoms with E-state index < -0.39 is 17.7 Å². The molecule has 3 aromatic rings. The van der Waals surface area contributed by atoms with Crippen LogP contribution in [-0.4, -0.2) is 21.7 Å². The summed E-state index contributed by atoms with van der Waals surface area (Å²) in [5, 5.41) is 6.47. The smallest absolute Gasteiger partial charge is 0.364 e. The Balaban J connectivity index is 1.65. The first-order valence-electron chi connectivity index (χ1n) is 7.50. The summed E-state index contributed by atoms with van der Waals surface area (Å²) in [5.74, 6) is -1.29. The zero-order chi connectivity index (χ0) is 18.7. The Morgan fingerprint density at radius 2 is 1.88 bits per heavy atom. The Morgan fingerprint density at radius 1 is 1.15 bits per heavy atom. The Hall–Kier alpha value is -3.19. The van der Waals surface area contributed by atoms with Gasteiger partial charge >= 0.3 is 5.97 Å². The minimum Gasteiger partial charge on any atom is -0.422 e. The summed E-state index contributed by atoms with van der Waals surface area (Å²) in [6, 6.07) is 11.4. The molecule has 0 aliphatic rings. The molecule has 0 saturated carbocycles. The van der Waals surface area contributed by atoms with Gasteiger partial charge in [-0.2, -0.15) is 5.10 Å². The van der Waals surface area contributed by atoms with Crippen LogP contribution in [0.3, 0.4) is 0 Å². The SMILES string of the molecule is Cn1ccc(C(=O)Oc2ccc(C(=O)Nc3ccc(F)c(Cl)c3)cc2)n1. The van der Waals surface area contributed by atoms with Crippen molar-refractivity contribution in [1.29, 1.82) is 0 Å². The van der Waals surface area contributed by atoms with E-state index >= 15 is 0 Å². The van der Waals surface area contributed by atoms with Crippen molar-refractivity contribution in [3.63, 3.8) is 0 Å². The Kier molecular flexibility index (Phi) is 4.99. The normalized spacial score (nSPS) is 10.4. The van der Waals surface area contributed by atoms with Crippen LogP contribution >= 0.6 is 11.6 Å². The van der Waals surface area contributed by atoms with E-state index in [1.165, 1.54) is 47.1 Å². The summed E-state index contributed by atoms with van der Waals surface area (Å²) in [7, 11) is 1.69. The number of nitrogens with zero attached hydrogens (tertiary/aromatic N) is 2. The minimum atomic E-state index is -0.594. The van der Waals surface area contributed by atoms with Crippen LogP contribution in [0.4, 0.5) is 10.1 Å². The number of anilines is 1. The number of aryl methyl sites for hydroxylation is 1. The second kappa shape index (κ2) is 7.37. The van der Waals surface area contributed by atoms with Crippen LogP contribution in [0.15, 0.2) is 54.7 Å². The lowest BCUT2D eigenvalue weighted by Crippen LogP contribution is -2.12. The van der Waals surface area contributed by atoms with Gasteiger partial charge in [-0.1, -0.05) is 11.6 Å². The number of carbonyl (C=O) groups is 2. The Morgan fingerprint density at radius 3 is 2.50 bits per heavy atom. The van der Waals surface area contributed by atoms with E-state index in [1.54, 1.807) is 13.2 Å². The molecule has 0 unspecified atom stereocenters. The molecular weight excluding hydrogens is 361 g/mol. The third kappa shape index (κ3) is 4.07.